The van der Waals surface area contributed by atoms with Crippen LogP contribution in [0.4, 0.5) is 18.9 Å². The van der Waals surface area contributed by atoms with Gasteiger partial charge in [0.15, 0.2) is 0 Å². The van der Waals surface area contributed by atoms with Crippen molar-refractivity contribution >= 4 is 17.5 Å². The van der Waals surface area contributed by atoms with Crippen LogP contribution in [0.15, 0.2) is 42.5 Å². The smallest absolute Gasteiger partial charge is 0.416 e. The molecule has 2 N–H and O–H groups in total. The van der Waals surface area contributed by atoms with Crippen LogP contribution in [0.1, 0.15) is 12.0 Å². The van der Waals surface area contributed by atoms with Crippen LogP contribution in [0, 0.1) is 5.92 Å². The zero-order valence-electron chi connectivity index (χ0n) is 18.6. The number of ether oxygens (including phenoxy) is 3. The minimum absolute atomic E-state index is 0.00958. The third kappa shape index (κ3) is 6.10. The van der Waals surface area contributed by atoms with Crippen molar-refractivity contribution in [2.24, 2.45) is 5.92 Å². The number of hydrogen-bond acceptors (Lipinski definition) is 6. The molecule has 2 aromatic carbocycles. The van der Waals surface area contributed by atoms with Crippen molar-refractivity contribution in [3.8, 4) is 17.2 Å². The zero-order valence-corrected chi connectivity index (χ0v) is 18.6. The first-order valence-corrected chi connectivity index (χ1v) is 10.4. The summed E-state index contributed by atoms with van der Waals surface area (Å²) in [5.41, 5.74) is -0.313. The van der Waals surface area contributed by atoms with Crippen LogP contribution in [-0.4, -0.2) is 56.9 Å². The Kier molecular flexibility index (Phi) is 7.87. The first-order valence-electron chi connectivity index (χ1n) is 10.4. The summed E-state index contributed by atoms with van der Waals surface area (Å²) in [6.07, 6.45) is -5.56. The molecule has 1 aliphatic rings. The van der Waals surface area contributed by atoms with Crippen molar-refractivity contribution in [3.05, 3.63) is 48.0 Å². The first-order chi connectivity index (χ1) is 16.1. The molecular weight excluding hydrogens is 457 g/mol. The van der Waals surface area contributed by atoms with Crippen molar-refractivity contribution in [2.45, 2.75) is 18.7 Å². The van der Waals surface area contributed by atoms with E-state index >= 15 is 0 Å². The van der Waals surface area contributed by atoms with Gasteiger partial charge in [0, 0.05) is 25.6 Å². The number of halogens is 3. The summed E-state index contributed by atoms with van der Waals surface area (Å²) >= 11 is 0. The van der Waals surface area contributed by atoms with E-state index in [-0.39, 0.29) is 37.8 Å². The minimum atomic E-state index is -4.45. The van der Waals surface area contributed by atoms with Crippen LogP contribution in [0.2, 0.25) is 0 Å². The van der Waals surface area contributed by atoms with E-state index in [4.69, 9.17) is 14.2 Å². The number of aliphatic hydroxyl groups is 1. The second kappa shape index (κ2) is 10.6. The molecule has 2 atom stereocenters. The summed E-state index contributed by atoms with van der Waals surface area (Å²) in [6.45, 7) is -0.249. The number of carbonyl (C=O) groups excluding carboxylic acids is 2. The Labute approximate surface area is 194 Å². The van der Waals surface area contributed by atoms with Gasteiger partial charge in [-0.15, -0.1) is 0 Å². The number of carbonyl (C=O) groups is 2. The van der Waals surface area contributed by atoms with Gasteiger partial charge < -0.3 is 29.5 Å². The predicted octanol–water partition coefficient (Wildman–Crippen LogP) is 2.63. The van der Waals surface area contributed by atoms with Crippen molar-refractivity contribution in [3.63, 3.8) is 0 Å². The Bertz CT molecular complexity index is 1010. The molecule has 2 aromatic rings. The summed E-state index contributed by atoms with van der Waals surface area (Å²) in [4.78, 5) is 26.6. The Morgan fingerprint density at radius 2 is 1.82 bits per heavy atom. The summed E-state index contributed by atoms with van der Waals surface area (Å²) in [7, 11) is 2.98. The van der Waals surface area contributed by atoms with Gasteiger partial charge in [-0.2, -0.15) is 13.2 Å². The number of aliphatic hydroxyl groups excluding tert-OH is 1. The number of alkyl halides is 3. The SMILES string of the molecule is COc1ccc(OC)c(N2CC(C(=O)NCC(O)COc3ccc(C(F)(F)F)cc3)CC2=O)c1. The summed E-state index contributed by atoms with van der Waals surface area (Å²) in [6, 6.07) is 9.08. The van der Waals surface area contributed by atoms with Gasteiger partial charge in [-0.3, -0.25) is 9.59 Å². The van der Waals surface area contributed by atoms with Crippen LogP contribution < -0.4 is 24.4 Å². The van der Waals surface area contributed by atoms with Crippen molar-refractivity contribution in [1.29, 1.82) is 0 Å². The maximum absolute atomic E-state index is 12.6. The lowest BCUT2D eigenvalue weighted by Crippen LogP contribution is -2.39. The number of benzene rings is 2. The molecule has 1 fully saturated rings. The van der Waals surface area contributed by atoms with Gasteiger partial charge in [0.05, 0.1) is 31.4 Å². The summed E-state index contributed by atoms with van der Waals surface area (Å²) in [5.74, 6) is -0.142. The average molecular weight is 482 g/mol. The van der Waals surface area contributed by atoms with Gasteiger partial charge in [0.1, 0.15) is 30.0 Å². The molecule has 0 saturated carbocycles. The van der Waals surface area contributed by atoms with E-state index in [1.54, 1.807) is 18.2 Å². The van der Waals surface area contributed by atoms with Crippen LogP contribution in [0.5, 0.6) is 17.2 Å². The van der Waals surface area contributed by atoms with E-state index in [1.807, 2.05) is 0 Å². The zero-order chi connectivity index (χ0) is 24.9. The highest BCUT2D eigenvalue weighted by Gasteiger charge is 2.36. The fourth-order valence-corrected chi connectivity index (χ4v) is 3.48. The highest BCUT2D eigenvalue weighted by Crippen LogP contribution is 2.36. The Morgan fingerprint density at radius 1 is 1.15 bits per heavy atom. The topological polar surface area (TPSA) is 97.3 Å². The number of methoxy groups -OCH3 is 2. The summed E-state index contributed by atoms with van der Waals surface area (Å²) in [5, 5.41) is 12.6. The van der Waals surface area contributed by atoms with E-state index < -0.39 is 29.7 Å². The maximum atomic E-state index is 12.6. The molecular formula is C23H25F3N2O6. The van der Waals surface area contributed by atoms with Crippen LogP contribution in [0.25, 0.3) is 0 Å². The number of rotatable bonds is 9. The van der Waals surface area contributed by atoms with Gasteiger partial charge in [0.25, 0.3) is 0 Å². The lowest BCUT2D eigenvalue weighted by Gasteiger charge is -2.20. The Hall–Kier alpha value is -3.47. The molecule has 8 nitrogen and oxygen atoms in total. The maximum Gasteiger partial charge on any atom is 0.416 e. The second-order valence-electron chi connectivity index (χ2n) is 7.68. The van der Waals surface area contributed by atoms with Crippen LogP contribution >= 0.6 is 0 Å². The molecule has 1 aliphatic heterocycles. The molecule has 11 heteroatoms. The average Bonchev–Trinajstić information content (AvgIpc) is 3.21. The van der Waals surface area contributed by atoms with Crippen LogP contribution in [0.3, 0.4) is 0 Å². The molecule has 2 amide bonds. The number of amides is 2. The third-order valence-electron chi connectivity index (χ3n) is 5.31. The van der Waals surface area contributed by atoms with Gasteiger partial charge >= 0.3 is 6.18 Å². The monoisotopic (exact) mass is 482 g/mol. The molecule has 0 bridgehead atoms. The normalized spacial score (nSPS) is 16.8. The molecule has 184 valence electrons. The van der Waals surface area contributed by atoms with Gasteiger partial charge in [-0.05, 0) is 36.4 Å². The molecule has 1 saturated heterocycles. The van der Waals surface area contributed by atoms with E-state index in [0.29, 0.717) is 17.2 Å². The number of nitrogens with zero attached hydrogens (tertiary/aromatic N) is 1. The molecule has 0 aromatic heterocycles. The lowest BCUT2D eigenvalue weighted by molar-refractivity contribution is -0.137. The van der Waals surface area contributed by atoms with Crippen molar-refractivity contribution < 1.29 is 42.1 Å². The molecule has 0 aliphatic carbocycles. The second-order valence-corrected chi connectivity index (χ2v) is 7.68. The van der Waals surface area contributed by atoms with E-state index in [0.717, 1.165) is 24.3 Å². The van der Waals surface area contributed by atoms with Gasteiger partial charge in [-0.1, -0.05) is 0 Å². The van der Waals surface area contributed by atoms with Gasteiger partial charge in [0.2, 0.25) is 11.8 Å². The largest absolute Gasteiger partial charge is 0.497 e. The molecule has 2 unspecified atom stereocenters. The van der Waals surface area contributed by atoms with Gasteiger partial charge in [-0.25, -0.2) is 0 Å². The molecule has 3 rings (SSSR count). The Balaban J connectivity index is 1.50. The van der Waals surface area contributed by atoms with E-state index in [1.165, 1.54) is 19.1 Å². The summed E-state index contributed by atoms with van der Waals surface area (Å²) < 4.78 is 53.6. The first kappa shape index (κ1) is 25.2. The minimum Gasteiger partial charge on any atom is -0.497 e. The fraction of sp³-hybridized carbons (Fsp3) is 0.391. The lowest BCUT2D eigenvalue weighted by atomic mass is 10.1. The Morgan fingerprint density at radius 3 is 2.44 bits per heavy atom. The van der Waals surface area contributed by atoms with E-state index in [2.05, 4.69) is 5.32 Å². The standard InChI is InChI=1S/C23H25F3N2O6/c1-32-18-7-8-20(33-2)19(10-18)28-12-14(9-21(28)30)22(31)27-11-16(29)13-34-17-5-3-15(4-6-17)23(24,25)26/h3-8,10,14,16,29H,9,11-13H2,1-2H3,(H,27,31). The highest BCUT2D eigenvalue weighted by molar-refractivity contribution is 6.01. The van der Waals surface area contributed by atoms with E-state index in [9.17, 15) is 27.9 Å². The van der Waals surface area contributed by atoms with Crippen molar-refractivity contribution in [2.75, 3.05) is 38.8 Å². The van der Waals surface area contributed by atoms with Crippen molar-refractivity contribution in [1.82, 2.24) is 5.32 Å². The number of nitrogens with one attached hydrogen (secondary N) is 1. The molecule has 1 heterocycles. The van der Waals surface area contributed by atoms with Crippen LogP contribution in [-0.2, 0) is 15.8 Å². The molecule has 34 heavy (non-hydrogen) atoms. The molecule has 0 radical (unpaired) electrons. The third-order valence-corrected chi connectivity index (χ3v) is 5.31. The fourth-order valence-electron chi connectivity index (χ4n) is 3.48. The predicted molar refractivity (Wildman–Crippen MR) is 116 cm³/mol. The molecule has 0 spiro atoms. The quantitative estimate of drug-likeness (QED) is 0.571. The number of hydrogen-bond donors (Lipinski definition) is 2. The number of anilines is 1. The highest BCUT2D eigenvalue weighted by atomic mass is 19.4.